The van der Waals surface area contributed by atoms with E-state index in [1.54, 1.807) is 24.3 Å². The Morgan fingerprint density at radius 3 is 2.10 bits per heavy atom. The van der Waals surface area contributed by atoms with Gasteiger partial charge in [-0.25, -0.2) is 0 Å². The Labute approximate surface area is 126 Å². The highest BCUT2D eigenvalue weighted by molar-refractivity contribution is 9.08. The Morgan fingerprint density at radius 2 is 1.60 bits per heavy atom. The fourth-order valence-electron chi connectivity index (χ4n) is 1.74. The van der Waals surface area contributed by atoms with E-state index >= 15 is 0 Å². The van der Waals surface area contributed by atoms with Gasteiger partial charge in [-0.2, -0.15) is 0 Å². The largest absolute Gasteiger partial charge is 0.481 e. The molecule has 100 valence electrons. The molecular formula is C17H13BrO2. The van der Waals surface area contributed by atoms with Crippen LogP contribution in [0, 0.1) is 12.3 Å². The zero-order valence-electron chi connectivity index (χ0n) is 10.8. The van der Waals surface area contributed by atoms with E-state index in [4.69, 9.17) is 11.2 Å². The zero-order chi connectivity index (χ0) is 14.4. The SMILES string of the molecule is C#CCOc1ccc(C(=O)c2ccc(CBr)cc2)cc1. The van der Waals surface area contributed by atoms with Gasteiger partial charge in [0, 0.05) is 16.5 Å². The molecule has 0 aliphatic heterocycles. The van der Waals surface area contributed by atoms with Crippen LogP contribution in [-0.4, -0.2) is 12.4 Å². The van der Waals surface area contributed by atoms with Crippen LogP contribution in [0.15, 0.2) is 48.5 Å². The Morgan fingerprint density at radius 1 is 1.05 bits per heavy atom. The number of terminal acetylenes is 1. The van der Waals surface area contributed by atoms with E-state index in [2.05, 4.69) is 21.9 Å². The molecule has 0 radical (unpaired) electrons. The first kappa shape index (κ1) is 14.4. The van der Waals surface area contributed by atoms with Gasteiger partial charge in [-0.3, -0.25) is 4.79 Å². The second-order valence-electron chi connectivity index (χ2n) is 4.18. The molecule has 0 unspecified atom stereocenters. The van der Waals surface area contributed by atoms with Crippen LogP contribution in [0.25, 0.3) is 0 Å². The second-order valence-corrected chi connectivity index (χ2v) is 4.74. The molecule has 20 heavy (non-hydrogen) atoms. The van der Waals surface area contributed by atoms with Crippen molar-refractivity contribution in [2.45, 2.75) is 5.33 Å². The van der Waals surface area contributed by atoms with Gasteiger partial charge in [-0.15, -0.1) is 6.42 Å². The third-order valence-electron chi connectivity index (χ3n) is 2.81. The number of rotatable bonds is 5. The minimum Gasteiger partial charge on any atom is -0.481 e. The number of carbonyl (C=O) groups is 1. The predicted octanol–water partition coefficient (Wildman–Crippen LogP) is 3.82. The van der Waals surface area contributed by atoms with Gasteiger partial charge in [0.1, 0.15) is 12.4 Å². The number of hydrogen-bond donors (Lipinski definition) is 0. The summed E-state index contributed by atoms with van der Waals surface area (Å²) in [6, 6.07) is 14.5. The van der Waals surface area contributed by atoms with E-state index in [0.717, 1.165) is 10.9 Å². The van der Waals surface area contributed by atoms with Crippen LogP contribution in [0.2, 0.25) is 0 Å². The molecule has 2 aromatic rings. The Kier molecular flexibility index (Phi) is 4.97. The summed E-state index contributed by atoms with van der Waals surface area (Å²) in [7, 11) is 0. The number of halogens is 1. The van der Waals surface area contributed by atoms with Crippen LogP contribution in [0.1, 0.15) is 21.5 Å². The van der Waals surface area contributed by atoms with Crippen LogP contribution in [-0.2, 0) is 5.33 Å². The highest BCUT2D eigenvalue weighted by atomic mass is 79.9. The molecule has 0 aromatic heterocycles. The average molecular weight is 329 g/mol. The number of alkyl halides is 1. The molecule has 0 amide bonds. The lowest BCUT2D eigenvalue weighted by molar-refractivity contribution is 0.103. The molecule has 0 spiro atoms. The third kappa shape index (κ3) is 3.49. The van der Waals surface area contributed by atoms with Crippen LogP contribution in [0.4, 0.5) is 0 Å². The van der Waals surface area contributed by atoms with Gasteiger partial charge in [0.25, 0.3) is 0 Å². The molecule has 0 atom stereocenters. The van der Waals surface area contributed by atoms with Crippen molar-refractivity contribution in [1.82, 2.24) is 0 Å². The molecule has 0 saturated heterocycles. The molecule has 3 heteroatoms. The Hall–Kier alpha value is -2.05. The molecule has 0 bridgehead atoms. The summed E-state index contributed by atoms with van der Waals surface area (Å²) in [5.41, 5.74) is 2.44. The Balaban J connectivity index is 2.14. The van der Waals surface area contributed by atoms with Crippen molar-refractivity contribution in [3.63, 3.8) is 0 Å². The summed E-state index contributed by atoms with van der Waals surface area (Å²) < 4.78 is 5.27. The topological polar surface area (TPSA) is 26.3 Å². The molecule has 0 aliphatic carbocycles. The first-order chi connectivity index (χ1) is 9.74. The van der Waals surface area contributed by atoms with E-state index in [9.17, 15) is 4.79 Å². The average Bonchev–Trinajstić information content (AvgIpc) is 2.53. The van der Waals surface area contributed by atoms with Gasteiger partial charge < -0.3 is 4.74 Å². The molecule has 2 nitrogen and oxygen atoms in total. The van der Waals surface area contributed by atoms with Crippen molar-refractivity contribution >= 4 is 21.7 Å². The number of carbonyl (C=O) groups excluding carboxylic acids is 1. The number of hydrogen-bond acceptors (Lipinski definition) is 2. The highest BCUT2D eigenvalue weighted by Gasteiger charge is 2.08. The minimum absolute atomic E-state index is 0.00498. The van der Waals surface area contributed by atoms with Crippen LogP contribution < -0.4 is 4.74 Å². The van der Waals surface area contributed by atoms with E-state index in [1.165, 1.54) is 0 Å². The molecule has 0 N–H and O–H groups in total. The van der Waals surface area contributed by atoms with Gasteiger partial charge in [0.15, 0.2) is 5.78 Å². The second kappa shape index (κ2) is 6.93. The normalized spacial score (nSPS) is 9.80. The van der Waals surface area contributed by atoms with Crippen molar-refractivity contribution in [3.05, 3.63) is 65.2 Å². The lowest BCUT2D eigenvalue weighted by Gasteiger charge is -2.05. The highest BCUT2D eigenvalue weighted by Crippen LogP contribution is 2.16. The van der Waals surface area contributed by atoms with E-state index in [1.807, 2.05) is 24.3 Å². The monoisotopic (exact) mass is 328 g/mol. The molecule has 0 fully saturated rings. The van der Waals surface area contributed by atoms with Crippen molar-refractivity contribution in [1.29, 1.82) is 0 Å². The van der Waals surface area contributed by atoms with Gasteiger partial charge in [-0.05, 0) is 29.8 Å². The van der Waals surface area contributed by atoms with E-state index in [-0.39, 0.29) is 12.4 Å². The number of benzene rings is 2. The summed E-state index contributed by atoms with van der Waals surface area (Å²) in [5, 5.41) is 0.780. The standard InChI is InChI=1S/C17H13BrO2/c1-2-11-20-16-9-7-15(8-10-16)17(19)14-5-3-13(12-18)4-6-14/h1,3-10H,11-12H2. The van der Waals surface area contributed by atoms with E-state index < -0.39 is 0 Å². The summed E-state index contributed by atoms with van der Waals surface area (Å²) >= 11 is 3.38. The maximum Gasteiger partial charge on any atom is 0.193 e. The maximum absolute atomic E-state index is 12.3. The number of ketones is 1. The Bertz CT molecular complexity index is 622. The lowest BCUT2D eigenvalue weighted by Crippen LogP contribution is -2.01. The van der Waals surface area contributed by atoms with E-state index in [0.29, 0.717) is 16.9 Å². The quantitative estimate of drug-likeness (QED) is 0.473. The van der Waals surface area contributed by atoms with Gasteiger partial charge in [0.05, 0.1) is 0 Å². The first-order valence-corrected chi connectivity index (χ1v) is 7.22. The predicted molar refractivity (Wildman–Crippen MR) is 83.3 cm³/mol. The molecule has 0 aliphatic rings. The smallest absolute Gasteiger partial charge is 0.193 e. The van der Waals surface area contributed by atoms with Gasteiger partial charge >= 0.3 is 0 Å². The fraction of sp³-hybridized carbons (Fsp3) is 0.118. The van der Waals surface area contributed by atoms with Gasteiger partial charge in [-0.1, -0.05) is 46.1 Å². The lowest BCUT2D eigenvalue weighted by atomic mass is 10.0. The van der Waals surface area contributed by atoms with Crippen LogP contribution in [0.5, 0.6) is 5.75 Å². The minimum atomic E-state index is -0.00498. The van der Waals surface area contributed by atoms with Crippen LogP contribution >= 0.6 is 15.9 Å². The van der Waals surface area contributed by atoms with Crippen molar-refractivity contribution < 1.29 is 9.53 Å². The summed E-state index contributed by atoms with van der Waals surface area (Å²) in [4.78, 5) is 12.3. The molecular weight excluding hydrogens is 316 g/mol. The zero-order valence-corrected chi connectivity index (χ0v) is 12.4. The molecule has 2 aromatic carbocycles. The van der Waals surface area contributed by atoms with Crippen molar-refractivity contribution in [2.75, 3.05) is 6.61 Å². The number of ether oxygens (including phenoxy) is 1. The summed E-state index contributed by atoms with van der Waals surface area (Å²) in [6.45, 7) is 0.224. The molecule has 0 saturated carbocycles. The van der Waals surface area contributed by atoms with Gasteiger partial charge in [0.2, 0.25) is 0 Å². The van der Waals surface area contributed by atoms with Crippen molar-refractivity contribution in [3.8, 4) is 18.1 Å². The maximum atomic E-state index is 12.3. The molecule has 2 rings (SSSR count). The summed E-state index contributed by atoms with van der Waals surface area (Å²) in [6.07, 6.45) is 5.12. The van der Waals surface area contributed by atoms with Crippen molar-refractivity contribution in [2.24, 2.45) is 0 Å². The first-order valence-electron chi connectivity index (χ1n) is 6.10. The fourth-order valence-corrected chi connectivity index (χ4v) is 2.11. The summed E-state index contributed by atoms with van der Waals surface area (Å²) in [5.74, 6) is 3.05. The van der Waals surface area contributed by atoms with Crippen LogP contribution in [0.3, 0.4) is 0 Å². The molecule has 0 heterocycles. The third-order valence-corrected chi connectivity index (χ3v) is 3.46.